The van der Waals surface area contributed by atoms with Crippen LogP contribution in [0.3, 0.4) is 0 Å². The van der Waals surface area contributed by atoms with Crippen LogP contribution in [0, 0.1) is 12.7 Å². The van der Waals surface area contributed by atoms with Gasteiger partial charge in [0, 0.05) is 18.9 Å². The molecule has 1 saturated carbocycles. The van der Waals surface area contributed by atoms with Crippen LogP contribution in [-0.4, -0.2) is 51.6 Å². The molecule has 2 heterocycles. The van der Waals surface area contributed by atoms with Gasteiger partial charge in [0.15, 0.2) is 0 Å². The standard InChI is InChI=1S/C20H20FN3O5S/c1-9-16-18(22-8-23-19(16)30-17(9)20(27)28-2)24-12-4-3-10(21)5-15(12)29-11-6-13(25)14(26)7-11/h3-5,8,11,13-14,25-26H,6-7H2,1-2H3,(H,22,23,24)/t11-,13-,14+. The molecule has 3 aromatic rings. The van der Waals surface area contributed by atoms with Crippen LogP contribution >= 0.6 is 11.3 Å². The van der Waals surface area contributed by atoms with Gasteiger partial charge in [-0.25, -0.2) is 19.2 Å². The van der Waals surface area contributed by atoms with Gasteiger partial charge in [-0.15, -0.1) is 11.3 Å². The number of aliphatic hydroxyl groups excluding tert-OH is 2. The summed E-state index contributed by atoms with van der Waals surface area (Å²) in [6, 6.07) is 4.04. The highest BCUT2D eigenvalue weighted by atomic mass is 32.1. The van der Waals surface area contributed by atoms with Gasteiger partial charge in [-0.3, -0.25) is 0 Å². The van der Waals surface area contributed by atoms with Crippen LogP contribution in [-0.2, 0) is 4.74 Å². The van der Waals surface area contributed by atoms with Crippen molar-refractivity contribution < 1.29 is 28.9 Å². The third-order valence-electron chi connectivity index (χ3n) is 5.04. The number of nitrogens with zero attached hydrogens (tertiary/aromatic N) is 2. The molecular weight excluding hydrogens is 413 g/mol. The van der Waals surface area contributed by atoms with Crippen LogP contribution < -0.4 is 10.1 Å². The Morgan fingerprint density at radius 2 is 2.00 bits per heavy atom. The molecule has 0 saturated heterocycles. The number of hydrogen-bond acceptors (Lipinski definition) is 9. The predicted octanol–water partition coefficient (Wildman–Crippen LogP) is 2.93. The van der Waals surface area contributed by atoms with Crippen LogP contribution in [0.2, 0.25) is 0 Å². The topological polar surface area (TPSA) is 114 Å². The van der Waals surface area contributed by atoms with Crippen molar-refractivity contribution in [1.29, 1.82) is 0 Å². The molecule has 3 atom stereocenters. The van der Waals surface area contributed by atoms with Crippen molar-refractivity contribution in [2.24, 2.45) is 0 Å². The molecule has 1 aromatic carbocycles. The number of rotatable bonds is 5. The molecule has 1 aliphatic rings. The van der Waals surface area contributed by atoms with E-state index < -0.39 is 30.1 Å². The first kappa shape index (κ1) is 20.5. The molecule has 10 heteroatoms. The van der Waals surface area contributed by atoms with Gasteiger partial charge < -0.3 is 25.0 Å². The van der Waals surface area contributed by atoms with Crippen molar-refractivity contribution in [2.75, 3.05) is 12.4 Å². The molecule has 0 aliphatic heterocycles. The Hall–Kier alpha value is -2.82. The van der Waals surface area contributed by atoms with Gasteiger partial charge >= 0.3 is 5.97 Å². The van der Waals surface area contributed by atoms with Crippen molar-refractivity contribution in [2.45, 2.75) is 38.1 Å². The Bertz CT molecular complexity index is 1100. The monoisotopic (exact) mass is 433 g/mol. The Kier molecular flexibility index (Phi) is 5.54. The van der Waals surface area contributed by atoms with E-state index in [0.29, 0.717) is 32.2 Å². The number of carbonyl (C=O) groups is 1. The van der Waals surface area contributed by atoms with Crippen molar-refractivity contribution in [3.05, 3.63) is 40.8 Å². The minimum atomic E-state index is -0.869. The van der Waals surface area contributed by atoms with E-state index >= 15 is 0 Å². The smallest absolute Gasteiger partial charge is 0.348 e. The number of ether oxygens (including phenoxy) is 2. The van der Waals surface area contributed by atoms with Gasteiger partial charge in [0.05, 0.1) is 30.4 Å². The van der Waals surface area contributed by atoms with Gasteiger partial charge in [0.25, 0.3) is 0 Å². The molecule has 0 spiro atoms. The van der Waals surface area contributed by atoms with Gasteiger partial charge in [0.2, 0.25) is 0 Å². The molecular formula is C20H20FN3O5S. The normalized spacial score (nSPS) is 21.0. The summed E-state index contributed by atoms with van der Waals surface area (Å²) in [6.07, 6.45) is -0.313. The number of fused-ring (bicyclic) bond motifs is 1. The van der Waals surface area contributed by atoms with Gasteiger partial charge in [-0.2, -0.15) is 0 Å². The number of esters is 1. The first-order chi connectivity index (χ1) is 14.4. The maximum Gasteiger partial charge on any atom is 0.348 e. The quantitative estimate of drug-likeness (QED) is 0.527. The Morgan fingerprint density at radius 3 is 2.70 bits per heavy atom. The fraction of sp³-hybridized carbons (Fsp3) is 0.350. The largest absolute Gasteiger partial charge is 0.488 e. The zero-order valence-electron chi connectivity index (χ0n) is 16.3. The summed E-state index contributed by atoms with van der Waals surface area (Å²) in [4.78, 5) is 21.6. The average molecular weight is 433 g/mol. The van der Waals surface area contributed by atoms with Crippen molar-refractivity contribution in [3.63, 3.8) is 0 Å². The third-order valence-corrected chi connectivity index (χ3v) is 6.22. The summed E-state index contributed by atoms with van der Waals surface area (Å²) in [5.41, 5.74) is 1.13. The second kappa shape index (κ2) is 8.13. The molecule has 1 fully saturated rings. The first-order valence-electron chi connectivity index (χ1n) is 9.29. The Labute approximate surface area is 175 Å². The van der Waals surface area contributed by atoms with E-state index in [9.17, 15) is 19.4 Å². The third kappa shape index (κ3) is 3.81. The number of hydrogen-bond donors (Lipinski definition) is 3. The fourth-order valence-electron chi connectivity index (χ4n) is 3.50. The second-order valence-corrected chi connectivity index (χ2v) is 8.06. The molecule has 1 aliphatic carbocycles. The SMILES string of the molecule is COC(=O)c1sc2ncnc(Nc3ccc(F)cc3O[C@@H]3C[C@@H](O)[C@@H](O)C3)c2c1C. The molecule has 0 radical (unpaired) electrons. The molecule has 158 valence electrons. The van der Waals surface area contributed by atoms with E-state index in [0.717, 1.165) is 0 Å². The predicted molar refractivity (Wildman–Crippen MR) is 109 cm³/mol. The van der Waals surface area contributed by atoms with Crippen LogP contribution in [0.15, 0.2) is 24.5 Å². The number of halogens is 1. The van der Waals surface area contributed by atoms with Crippen molar-refractivity contribution in [3.8, 4) is 5.75 Å². The van der Waals surface area contributed by atoms with Crippen LogP contribution in [0.1, 0.15) is 28.1 Å². The number of nitrogens with one attached hydrogen (secondary N) is 1. The minimum absolute atomic E-state index is 0.231. The summed E-state index contributed by atoms with van der Waals surface area (Å²) in [7, 11) is 1.32. The van der Waals surface area contributed by atoms with E-state index in [4.69, 9.17) is 9.47 Å². The van der Waals surface area contributed by atoms with Crippen molar-refractivity contribution in [1.82, 2.24) is 9.97 Å². The van der Waals surface area contributed by atoms with Crippen LogP contribution in [0.25, 0.3) is 10.2 Å². The lowest BCUT2D eigenvalue weighted by atomic mass is 10.2. The molecule has 30 heavy (non-hydrogen) atoms. The lowest BCUT2D eigenvalue weighted by molar-refractivity contribution is 0.0438. The van der Waals surface area contributed by atoms with Gasteiger partial charge in [-0.05, 0) is 24.6 Å². The number of aryl methyl sites for hydroxylation is 1. The molecule has 2 aromatic heterocycles. The number of thiophene rings is 1. The Morgan fingerprint density at radius 1 is 1.27 bits per heavy atom. The summed E-state index contributed by atoms with van der Waals surface area (Å²) < 4.78 is 24.6. The zero-order valence-corrected chi connectivity index (χ0v) is 17.1. The summed E-state index contributed by atoms with van der Waals surface area (Å²) in [6.45, 7) is 1.78. The van der Waals surface area contributed by atoms with Crippen LogP contribution in [0.4, 0.5) is 15.9 Å². The average Bonchev–Trinajstić information content (AvgIpc) is 3.22. The van der Waals surface area contributed by atoms with E-state index in [-0.39, 0.29) is 18.6 Å². The van der Waals surface area contributed by atoms with E-state index in [2.05, 4.69) is 15.3 Å². The lowest BCUT2D eigenvalue weighted by Crippen LogP contribution is -2.17. The summed E-state index contributed by atoms with van der Waals surface area (Å²) in [5, 5.41) is 23.3. The Balaban J connectivity index is 1.69. The molecule has 0 unspecified atom stereocenters. The lowest BCUT2D eigenvalue weighted by Gasteiger charge is -2.17. The highest BCUT2D eigenvalue weighted by Gasteiger charge is 2.33. The van der Waals surface area contributed by atoms with Crippen LogP contribution in [0.5, 0.6) is 5.75 Å². The maximum absolute atomic E-state index is 13.9. The molecule has 0 amide bonds. The number of benzene rings is 1. The molecule has 8 nitrogen and oxygen atoms in total. The molecule has 4 rings (SSSR count). The number of aliphatic hydroxyl groups is 2. The zero-order chi connectivity index (χ0) is 21.4. The highest BCUT2D eigenvalue weighted by Crippen LogP contribution is 2.37. The number of carbonyl (C=O) groups excluding carboxylic acids is 1. The number of anilines is 2. The van der Waals surface area contributed by atoms with Gasteiger partial charge in [-0.1, -0.05) is 0 Å². The fourth-order valence-corrected chi connectivity index (χ4v) is 4.57. The van der Waals surface area contributed by atoms with E-state index in [1.165, 1.54) is 43.0 Å². The minimum Gasteiger partial charge on any atom is -0.488 e. The second-order valence-electron chi connectivity index (χ2n) is 7.06. The maximum atomic E-state index is 13.9. The number of aromatic nitrogens is 2. The summed E-state index contributed by atoms with van der Waals surface area (Å²) in [5.74, 6) is -0.270. The number of methoxy groups -OCH3 is 1. The van der Waals surface area contributed by atoms with E-state index in [1.807, 2.05) is 0 Å². The van der Waals surface area contributed by atoms with Crippen molar-refractivity contribution >= 4 is 39.0 Å². The highest BCUT2D eigenvalue weighted by molar-refractivity contribution is 7.20. The summed E-state index contributed by atoms with van der Waals surface area (Å²) >= 11 is 1.20. The van der Waals surface area contributed by atoms with Gasteiger partial charge in [0.1, 0.15) is 39.5 Å². The molecule has 0 bridgehead atoms. The van der Waals surface area contributed by atoms with E-state index in [1.54, 1.807) is 6.92 Å². The molecule has 3 N–H and O–H groups in total. The first-order valence-corrected chi connectivity index (χ1v) is 10.1.